The van der Waals surface area contributed by atoms with Crippen LogP contribution in [-0.2, 0) is 0 Å². The Bertz CT molecular complexity index is 1310. The molecular formula is C19H13Cl2N5O3. The fraction of sp³-hybridized carbons (Fsp3) is 0.0526. The SMILES string of the molecule is COc1ccc(-c2nc(C(N)=O)c3[nH]c(=O)n(-c4ccc(Cl)c(Cl)c4)c3n2)cc1. The van der Waals surface area contributed by atoms with Gasteiger partial charge in [-0.2, -0.15) is 0 Å². The van der Waals surface area contributed by atoms with E-state index in [1.54, 1.807) is 43.5 Å². The Balaban J connectivity index is 2.01. The summed E-state index contributed by atoms with van der Waals surface area (Å²) < 4.78 is 6.43. The number of nitrogens with zero attached hydrogens (tertiary/aromatic N) is 3. The second kappa shape index (κ2) is 7.23. The third kappa shape index (κ3) is 3.32. The summed E-state index contributed by atoms with van der Waals surface area (Å²) in [6.45, 7) is 0. The molecule has 8 nitrogen and oxygen atoms in total. The van der Waals surface area contributed by atoms with Gasteiger partial charge in [-0.1, -0.05) is 23.2 Å². The maximum atomic E-state index is 12.6. The van der Waals surface area contributed by atoms with E-state index in [0.29, 0.717) is 22.0 Å². The van der Waals surface area contributed by atoms with Gasteiger partial charge in [-0.3, -0.25) is 4.79 Å². The molecule has 0 aliphatic heterocycles. The van der Waals surface area contributed by atoms with E-state index in [9.17, 15) is 9.59 Å². The third-order valence-corrected chi connectivity index (χ3v) is 5.02. The van der Waals surface area contributed by atoms with Crippen LogP contribution in [0.4, 0.5) is 0 Å². The summed E-state index contributed by atoms with van der Waals surface area (Å²) in [6.07, 6.45) is 0. The van der Waals surface area contributed by atoms with E-state index in [2.05, 4.69) is 15.0 Å². The number of nitrogens with one attached hydrogen (secondary N) is 1. The van der Waals surface area contributed by atoms with Crippen LogP contribution in [0.25, 0.3) is 28.2 Å². The average Bonchev–Trinajstić information content (AvgIpc) is 3.05. The molecule has 0 bridgehead atoms. The number of H-pyrrole nitrogens is 1. The summed E-state index contributed by atoms with van der Waals surface area (Å²) in [4.78, 5) is 36.0. The summed E-state index contributed by atoms with van der Waals surface area (Å²) in [5.41, 5.74) is 6.22. The molecule has 4 aromatic rings. The summed E-state index contributed by atoms with van der Waals surface area (Å²) in [6, 6.07) is 11.6. The molecule has 2 aromatic heterocycles. The van der Waals surface area contributed by atoms with Gasteiger partial charge in [0.2, 0.25) is 0 Å². The number of aromatic amines is 1. The van der Waals surface area contributed by atoms with Gasteiger partial charge in [0.05, 0.1) is 22.8 Å². The average molecular weight is 430 g/mol. The fourth-order valence-corrected chi connectivity index (χ4v) is 3.19. The Hall–Kier alpha value is -3.36. The van der Waals surface area contributed by atoms with Crippen LogP contribution in [0.5, 0.6) is 5.75 Å². The van der Waals surface area contributed by atoms with Gasteiger partial charge in [0, 0.05) is 5.56 Å². The van der Waals surface area contributed by atoms with Crippen LogP contribution < -0.4 is 16.2 Å². The van der Waals surface area contributed by atoms with Crippen LogP contribution in [0.2, 0.25) is 10.0 Å². The van der Waals surface area contributed by atoms with E-state index in [4.69, 9.17) is 33.7 Å². The lowest BCUT2D eigenvalue weighted by Gasteiger charge is -2.08. The van der Waals surface area contributed by atoms with Crippen LogP contribution in [0.3, 0.4) is 0 Å². The lowest BCUT2D eigenvalue weighted by atomic mass is 10.2. The minimum Gasteiger partial charge on any atom is -0.497 e. The summed E-state index contributed by atoms with van der Waals surface area (Å²) in [5.74, 6) is 0.0794. The molecule has 0 saturated carbocycles. The zero-order valence-electron chi connectivity index (χ0n) is 14.9. The van der Waals surface area contributed by atoms with Crippen LogP contribution >= 0.6 is 23.2 Å². The number of nitrogens with two attached hydrogens (primary N) is 1. The number of amides is 1. The molecule has 10 heteroatoms. The number of benzene rings is 2. The van der Waals surface area contributed by atoms with Crippen LogP contribution in [0.1, 0.15) is 10.5 Å². The number of methoxy groups -OCH3 is 1. The van der Waals surface area contributed by atoms with Crippen LogP contribution in [-0.4, -0.2) is 32.5 Å². The molecular weight excluding hydrogens is 417 g/mol. The van der Waals surface area contributed by atoms with Gasteiger partial charge in [-0.25, -0.2) is 19.3 Å². The summed E-state index contributed by atoms with van der Waals surface area (Å²) >= 11 is 12.1. The van der Waals surface area contributed by atoms with Gasteiger partial charge in [0.1, 0.15) is 11.3 Å². The van der Waals surface area contributed by atoms with E-state index in [-0.39, 0.29) is 27.7 Å². The highest BCUT2D eigenvalue weighted by Crippen LogP contribution is 2.27. The molecule has 3 N–H and O–H groups in total. The number of aromatic nitrogens is 4. The Morgan fingerprint density at radius 3 is 2.45 bits per heavy atom. The standard InChI is InChI=1S/C19H13Cl2N5O3/c1-29-11-5-2-9(3-6-11)17-23-14(16(22)27)15-18(25-17)26(19(28)24-15)10-4-7-12(20)13(21)8-10/h2-8H,1H3,(H2,22,27)(H,24,28). The van der Waals surface area contributed by atoms with Crippen molar-refractivity contribution in [3.8, 4) is 22.8 Å². The monoisotopic (exact) mass is 429 g/mol. The Morgan fingerprint density at radius 2 is 1.83 bits per heavy atom. The number of imidazole rings is 1. The van der Waals surface area contributed by atoms with Crippen molar-refractivity contribution in [3.05, 3.63) is 68.7 Å². The van der Waals surface area contributed by atoms with Gasteiger partial charge in [0.25, 0.3) is 5.91 Å². The zero-order valence-corrected chi connectivity index (χ0v) is 16.5. The number of carbonyl (C=O) groups excluding carboxylic acids is 1. The van der Waals surface area contributed by atoms with Crippen molar-refractivity contribution in [2.45, 2.75) is 0 Å². The lowest BCUT2D eigenvalue weighted by molar-refractivity contribution is 0.0997. The molecule has 0 saturated heterocycles. The maximum absolute atomic E-state index is 12.6. The van der Waals surface area contributed by atoms with E-state index in [1.165, 1.54) is 10.6 Å². The summed E-state index contributed by atoms with van der Waals surface area (Å²) in [5, 5.41) is 0.611. The molecule has 4 rings (SSSR count). The largest absolute Gasteiger partial charge is 0.497 e. The first-order valence-electron chi connectivity index (χ1n) is 8.31. The number of rotatable bonds is 4. The van der Waals surface area contributed by atoms with Crippen molar-refractivity contribution in [2.24, 2.45) is 5.73 Å². The van der Waals surface area contributed by atoms with Crippen molar-refractivity contribution in [3.63, 3.8) is 0 Å². The third-order valence-electron chi connectivity index (χ3n) is 4.28. The van der Waals surface area contributed by atoms with Crippen LogP contribution in [0.15, 0.2) is 47.3 Å². The molecule has 0 radical (unpaired) electrons. The van der Waals surface area contributed by atoms with Gasteiger partial charge >= 0.3 is 5.69 Å². The molecule has 29 heavy (non-hydrogen) atoms. The highest BCUT2D eigenvalue weighted by molar-refractivity contribution is 6.42. The first-order chi connectivity index (χ1) is 13.9. The molecule has 1 amide bonds. The number of halogens is 2. The van der Waals surface area contributed by atoms with Crippen molar-refractivity contribution < 1.29 is 9.53 Å². The second-order valence-electron chi connectivity index (χ2n) is 6.05. The molecule has 0 spiro atoms. The van der Waals surface area contributed by atoms with E-state index < -0.39 is 11.6 Å². The Kier molecular flexibility index (Phi) is 4.73. The predicted molar refractivity (Wildman–Crippen MR) is 110 cm³/mol. The van der Waals surface area contributed by atoms with E-state index in [0.717, 1.165) is 0 Å². The topological polar surface area (TPSA) is 116 Å². The molecule has 0 atom stereocenters. The number of hydrogen-bond acceptors (Lipinski definition) is 5. The quantitative estimate of drug-likeness (QED) is 0.516. The van der Waals surface area contributed by atoms with Gasteiger partial charge < -0.3 is 15.5 Å². The number of hydrogen-bond donors (Lipinski definition) is 2. The number of primary amides is 1. The molecule has 146 valence electrons. The normalized spacial score (nSPS) is 11.0. The van der Waals surface area contributed by atoms with Crippen molar-refractivity contribution in [1.82, 2.24) is 19.5 Å². The van der Waals surface area contributed by atoms with Crippen molar-refractivity contribution in [1.29, 1.82) is 0 Å². The Labute approximate surface area is 173 Å². The first-order valence-corrected chi connectivity index (χ1v) is 9.07. The van der Waals surface area contributed by atoms with Gasteiger partial charge in [0.15, 0.2) is 17.2 Å². The van der Waals surface area contributed by atoms with E-state index in [1.807, 2.05) is 0 Å². The first kappa shape index (κ1) is 19.0. The van der Waals surface area contributed by atoms with Gasteiger partial charge in [-0.05, 0) is 42.5 Å². The zero-order chi connectivity index (χ0) is 20.7. The highest BCUT2D eigenvalue weighted by atomic mass is 35.5. The highest BCUT2D eigenvalue weighted by Gasteiger charge is 2.20. The smallest absolute Gasteiger partial charge is 0.332 e. The number of fused-ring (bicyclic) bond motifs is 1. The minimum absolute atomic E-state index is 0.100. The molecule has 0 unspecified atom stereocenters. The molecule has 2 aromatic carbocycles. The lowest BCUT2D eigenvalue weighted by Crippen LogP contribution is -2.15. The number of carbonyl (C=O) groups is 1. The summed E-state index contributed by atoms with van der Waals surface area (Å²) in [7, 11) is 1.55. The van der Waals surface area contributed by atoms with Gasteiger partial charge in [-0.15, -0.1) is 0 Å². The number of ether oxygens (including phenoxy) is 1. The molecule has 0 aliphatic rings. The fourth-order valence-electron chi connectivity index (χ4n) is 2.90. The van der Waals surface area contributed by atoms with Crippen LogP contribution in [0, 0.1) is 0 Å². The van der Waals surface area contributed by atoms with E-state index >= 15 is 0 Å². The molecule has 0 aliphatic carbocycles. The Morgan fingerprint density at radius 1 is 1.10 bits per heavy atom. The molecule has 0 fully saturated rings. The van der Waals surface area contributed by atoms with Crippen molar-refractivity contribution in [2.75, 3.05) is 7.11 Å². The maximum Gasteiger partial charge on any atom is 0.332 e. The molecule has 2 heterocycles. The second-order valence-corrected chi connectivity index (χ2v) is 6.87. The van der Waals surface area contributed by atoms with Crippen molar-refractivity contribution >= 4 is 40.3 Å². The predicted octanol–water partition coefficient (Wildman–Crippen LogP) is 3.19. The minimum atomic E-state index is -0.797.